The number of amides is 4. The fourth-order valence-corrected chi connectivity index (χ4v) is 12.4. The normalized spacial score (nSPS) is 23.0. The molecule has 0 unspecified atom stereocenters. The number of halogens is 1. The van der Waals surface area contributed by atoms with E-state index in [2.05, 4.69) is 33.0 Å². The van der Waals surface area contributed by atoms with Gasteiger partial charge in [-0.1, -0.05) is 55.1 Å². The SMILES string of the molecule is O=C1CC[C@H](N2Cc3c(ccc4c3OCC43CCN(C(=O)CCCN4CCC(c5ccc6c(c5)-n5c(nc(=O)c7c(Cl)cccc75)C65CCCCC5)CC4)CC3)C2=O)C(=O)N1. The molecule has 4 aromatic rings. The van der Waals surface area contributed by atoms with Crippen LogP contribution < -0.4 is 15.6 Å². The lowest BCUT2D eigenvalue weighted by Crippen LogP contribution is -2.52. The van der Waals surface area contributed by atoms with Crippen LogP contribution in [0.4, 0.5) is 0 Å². The van der Waals surface area contributed by atoms with Crippen molar-refractivity contribution in [2.75, 3.05) is 39.3 Å². The van der Waals surface area contributed by atoms with E-state index in [9.17, 15) is 24.0 Å². The molecular weight excluding hydrogens is 792 g/mol. The summed E-state index contributed by atoms with van der Waals surface area (Å²) in [6, 6.07) is 16.0. The summed E-state index contributed by atoms with van der Waals surface area (Å²) in [4.78, 5) is 75.5. The minimum Gasteiger partial charge on any atom is -0.492 e. The smallest absolute Gasteiger partial charge is 0.282 e. The number of nitrogens with zero attached hydrogens (tertiary/aromatic N) is 5. The monoisotopic (exact) mass is 842 g/mol. The first-order valence-corrected chi connectivity index (χ1v) is 22.8. The van der Waals surface area contributed by atoms with Crippen molar-refractivity contribution in [3.8, 4) is 11.4 Å². The highest BCUT2D eigenvalue weighted by molar-refractivity contribution is 6.35. The van der Waals surface area contributed by atoms with Gasteiger partial charge < -0.3 is 19.4 Å². The number of carbonyl (C=O) groups is 4. The van der Waals surface area contributed by atoms with Crippen molar-refractivity contribution in [1.82, 2.24) is 29.6 Å². The first-order chi connectivity index (χ1) is 29.6. The number of carbonyl (C=O) groups excluding carboxylic acids is 4. The Balaban J connectivity index is 0.698. The van der Waals surface area contributed by atoms with E-state index in [-0.39, 0.29) is 40.5 Å². The second-order valence-corrected chi connectivity index (χ2v) is 19.1. The lowest BCUT2D eigenvalue weighted by molar-refractivity contribution is -0.137. The molecule has 12 nitrogen and oxygen atoms in total. The zero-order chi connectivity index (χ0) is 41.6. The van der Waals surface area contributed by atoms with Gasteiger partial charge in [0.05, 0.1) is 40.2 Å². The number of hydrogen-bond donors (Lipinski definition) is 1. The Bertz CT molecular complexity index is 2580. The van der Waals surface area contributed by atoms with Gasteiger partial charge in [0, 0.05) is 48.0 Å². The van der Waals surface area contributed by atoms with Gasteiger partial charge in [-0.2, -0.15) is 4.98 Å². The Hall–Kier alpha value is -5.07. The van der Waals surface area contributed by atoms with Crippen molar-refractivity contribution < 1.29 is 23.9 Å². The standard InChI is InChI=1S/C48H51ClN6O6/c49-35-6-4-7-36-41(35)44(59)51-46-48(17-2-1-3-18-48)33-11-9-30(26-38(33)55(36)46)29-15-22-52(23-16-29)21-5-8-40(57)53-24-19-47(20-25-53)28-61-42-32-27-54(37-13-14-39(56)50-43(37)58)45(60)31(32)10-12-34(42)47/h4,6-7,9-12,26,29,37H,1-3,5,8,13-25,27-28H2,(H,50,56,58)/t37-/m0/s1. The first kappa shape index (κ1) is 38.8. The summed E-state index contributed by atoms with van der Waals surface area (Å²) in [7, 11) is 0. The topological polar surface area (TPSA) is 134 Å². The Labute approximate surface area is 359 Å². The van der Waals surface area contributed by atoms with E-state index in [0.717, 1.165) is 111 Å². The number of ether oxygens (including phenoxy) is 1. The predicted molar refractivity (Wildman–Crippen MR) is 229 cm³/mol. The summed E-state index contributed by atoms with van der Waals surface area (Å²) in [5.74, 6) is 1.37. The molecule has 61 heavy (non-hydrogen) atoms. The largest absolute Gasteiger partial charge is 0.492 e. The van der Waals surface area contributed by atoms with Crippen molar-refractivity contribution >= 4 is 46.1 Å². The summed E-state index contributed by atoms with van der Waals surface area (Å²) in [6.45, 7) is 5.06. The maximum absolute atomic E-state index is 13.5. The van der Waals surface area contributed by atoms with Crippen LogP contribution >= 0.6 is 11.6 Å². The summed E-state index contributed by atoms with van der Waals surface area (Å²) >= 11 is 6.60. The second kappa shape index (κ2) is 14.8. The molecule has 11 rings (SSSR count). The van der Waals surface area contributed by atoms with Crippen molar-refractivity contribution in [2.45, 2.75) is 113 Å². The van der Waals surface area contributed by atoms with E-state index < -0.39 is 11.9 Å². The van der Waals surface area contributed by atoms with Crippen LogP contribution in [0.3, 0.4) is 0 Å². The number of benzene rings is 3. The second-order valence-electron chi connectivity index (χ2n) is 18.7. The van der Waals surface area contributed by atoms with Crippen LogP contribution in [0.25, 0.3) is 16.6 Å². The highest BCUT2D eigenvalue weighted by Crippen LogP contribution is 2.53. The summed E-state index contributed by atoms with van der Waals surface area (Å²) in [5.41, 5.74) is 6.46. The summed E-state index contributed by atoms with van der Waals surface area (Å²) in [5, 5.41) is 3.32. The fraction of sp³-hybridized carbons (Fsp3) is 0.500. The summed E-state index contributed by atoms with van der Waals surface area (Å²) in [6.07, 6.45) is 11.1. The lowest BCUT2D eigenvalue weighted by Gasteiger charge is -2.38. The molecule has 316 valence electrons. The average Bonchev–Trinajstić information content (AvgIpc) is 3.88. The third-order valence-corrected chi connectivity index (χ3v) is 15.8. The van der Waals surface area contributed by atoms with Gasteiger partial charge in [0.25, 0.3) is 11.5 Å². The van der Waals surface area contributed by atoms with Gasteiger partial charge in [0.1, 0.15) is 17.6 Å². The van der Waals surface area contributed by atoms with E-state index in [4.69, 9.17) is 21.3 Å². The van der Waals surface area contributed by atoms with Gasteiger partial charge in [-0.25, -0.2) is 0 Å². The first-order valence-electron chi connectivity index (χ1n) is 22.4. The number of likely N-dealkylation sites (tertiary alicyclic amines) is 2. The van der Waals surface area contributed by atoms with Crippen molar-refractivity contribution in [3.63, 3.8) is 0 Å². The zero-order valence-electron chi connectivity index (χ0n) is 34.5. The van der Waals surface area contributed by atoms with Crippen molar-refractivity contribution in [3.05, 3.63) is 97.5 Å². The molecule has 6 aliphatic heterocycles. The van der Waals surface area contributed by atoms with Gasteiger partial charge >= 0.3 is 0 Å². The average molecular weight is 843 g/mol. The Morgan fingerprint density at radius 1 is 0.902 bits per heavy atom. The molecule has 1 N–H and O–H groups in total. The molecule has 7 aliphatic rings. The van der Waals surface area contributed by atoms with Crippen molar-refractivity contribution in [1.29, 1.82) is 0 Å². The maximum Gasteiger partial charge on any atom is 0.282 e. The molecular formula is C48H51ClN6O6. The quantitative estimate of drug-likeness (QED) is 0.225. The Morgan fingerprint density at radius 3 is 2.48 bits per heavy atom. The third-order valence-electron chi connectivity index (χ3n) is 15.5. The number of fused-ring (bicyclic) bond motifs is 11. The van der Waals surface area contributed by atoms with Gasteiger partial charge in [-0.05, 0) is 112 Å². The lowest BCUT2D eigenvalue weighted by atomic mass is 9.69. The van der Waals surface area contributed by atoms with Gasteiger partial charge in [-0.15, -0.1) is 0 Å². The molecule has 0 bridgehead atoms. The molecule has 3 aromatic carbocycles. The van der Waals surface area contributed by atoms with E-state index >= 15 is 0 Å². The molecule has 13 heteroatoms. The molecule has 1 atom stereocenters. The van der Waals surface area contributed by atoms with Crippen LogP contribution in [0, 0.1) is 0 Å². The van der Waals surface area contributed by atoms with E-state index in [1.165, 1.54) is 17.5 Å². The molecule has 2 spiro atoms. The van der Waals surface area contributed by atoms with Gasteiger partial charge in [-0.3, -0.25) is 33.9 Å². The van der Waals surface area contributed by atoms with Gasteiger partial charge in [0.2, 0.25) is 17.7 Å². The molecule has 4 amide bonds. The molecule has 1 aliphatic carbocycles. The van der Waals surface area contributed by atoms with Crippen LogP contribution in [0.2, 0.25) is 5.02 Å². The molecule has 4 fully saturated rings. The van der Waals surface area contributed by atoms with Crippen molar-refractivity contribution in [2.24, 2.45) is 0 Å². The predicted octanol–water partition coefficient (Wildman–Crippen LogP) is 6.28. The fourth-order valence-electron chi connectivity index (χ4n) is 12.1. The minimum absolute atomic E-state index is 0.196. The summed E-state index contributed by atoms with van der Waals surface area (Å²) < 4.78 is 8.59. The zero-order valence-corrected chi connectivity index (χ0v) is 35.2. The molecule has 1 saturated carbocycles. The number of nitrogens with one attached hydrogen (secondary N) is 1. The molecule has 3 saturated heterocycles. The van der Waals surface area contributed by atoms with E-state index in [1.54, 1.807) is 11.0 Å². The van der Waals surface area contributed by atoms with Gasteiger partial charge in [0.15, 0.2) is 0 Å². The molecule has 7 heterocycles. The van der Waals surface area contributed by atoms with Crippen LogP contribution in [0.15, 0.2) is 53.3 Å². The van der Waals surface area contributed by atoms with Crippen LogP contribution in [0.5, 0.6) is 5.75 Å². The van der Waals surface area contributed by atoms with Crippen LogP contribution in [-0.4, -0.2) is 93.3 Å². The minimum atomic E-state index is -0.662. The highest BCUT2D eigenvalue weighted by atomic mass is 35.5. The Kier molecular flexibility index (Phi) is 9.41. The van der Waals surface area contributed by atoms with Crippen LogP contribution in [0.1, 0.15) is 128 Å². The number of aromatic nitrogens is 2. The molecule has 0 radical (unpaired) electrons. The number of piperidine rings is 3. The van der Waals surface area contributed by atoms with E-state index in [1.807, 2.05) is 29.2 Å². The highest BCUT2D eigenvalue weighted by Gasteiger charge is 2.49. The van der Waals surface area contributed by atoms with E-state index in [0.29, 0.717) is 61.0 Å². The van der Waals surface area contributed by atoms with Crippen LogP contribution in [-0.2, 0) is 31.8 Å². The number of hydrogen-bond acceptors (Lipinski definition) is 8. The number of imide groups is 1. The maximum atomic E-state index is 13.5. The third kappa shape index (κ3) is 6.17. The number of rotatable bonds is 6. The molecule has 1 aromatic heterocycles. The Morgan fingerprint density at radius 2 is 1.69 bits per heavy atom.